The maximum Gasteiger partial charge on any atom is 0.263 e. The van der Waals surface area contributed by atoms with Crippen molar-refractivity contribution < 1.29 is 19.1 Å². The Balaban J connectivity index is 1.59. The van der Waals surface area contributed by atoms with E-state index in [9.17, 15) is 14.4 Å². The lowest BCUT2D eigenvalue weighted by Gasteiger charge is -2.26. The maximum absolute atomic E-state index is 12.1. The van der Waals surface area contributed by atoms with Crippen molar-refractivity contribution in [1.29, 1.82) is 0 Å². The van der Waals surface area contributed by atoms with Crippen LogP contribution in [0.25, 0.3) is 6.08 Å². The Morgan fingerprint density at radius 3 is 2.31 bits per heavy atom. The van der Waals surface area contributed by atoms with E-state index >= 15 is 0 Å². The first-order valence-electron chi connectivity index (χ1n) is 8.42. The summed E-state index contributed by atoms with van der Waals surface area (Å²) in [7, 11) is 0. The minimum absolute atomic E-state index is 0.000675. The highest BCUT2D eigenvalue weighted by atomic mass is 32.1. The lowest BCUT2D eigenvalue weighted by atomic mass is 10.1. The van der Waals surface area contributed by atoms with Gasteiger partial charge in [-0.1, -0.05) is 12.1 Å². The van der Waals surface area contributed by atoms with Crippen molar-refractivity contribution in [2.24, 2.45) is 0 Å². The molecule has 2 fully saturated rings. The van der Waals surface area contributed by atoms with E-state index in [-0.39, 0.29) is 23.2 Å². The fraction of sp³-hybridized carbons (Fsp3) is 0.333. The molecule has 0 aliphatic carbocycles. The van der Waals surface area contributed by atoms with E-state index < -0.39 is 11.8 Å². The zero-order valence-corrected chi connectivity index (χ0v) is 14.9. The van der Waals surface area contributed by atoms with Gasteiger partial charge in [0.2, 0.25) is 0 Å². The number of ether oxygens (including phenoxy) is 1. The molecule has 7 nitrogen and oxygen atoms in total. The number of benzene rings is 1. The summed E-state index contributed by atoms with van der Waals surface area (Å²) in [5, 5.41) is 4.76. The minimum Gasteiger partial charge on any atom is -0.484 e. The van der Waals surface area contributed by atoms with Gasteiger partial charge in [0, 0.05) is 13.1 Å². The highest BCUT2D eigenvalue weighted by molar-refractivity contribution is 7.80. The third-order valence-corrected chi connectivity index (χ3v) is 4.41. The van der Waals surface area contributed by atoms with Crippen molar-refractivity contribution >= 4 is 41.1 Å². The number of likely N-dealkylation sites (tertiary alicyclic amines) is 1. The molecule has 0 bridgehead atoms. The lowest BCUT2D eigenvalue weighted by molar-refractivity contribution is -0.134. The summed E-state index contributed by atoms with van der Waals surface area (Å²) < 4.78 is 5.53. The number of piperidine rings is 1. The second kappa shape index (κ2) is 8.09. The number of amides is 3. The summed E-state index contributed by atoms with van der Waals surface area (Å²) in [4.78, 5) is 37.6. The molecule has 0 radical (unpaired) electrons. The zero-order valence-electron chi connectivity index (χ0n) is 14.1. The molecule has 0 unspecified atom stereocenters. The number of hydrogen-bond acceptors (Lipinski definition) is 5. The number of rotatable bonds is 4. The topological polar surface area (TPSA) is 87.7 Å². The summed E-state index contributed by atoms with van der Waals surface area (Å²) in [5.74, 6) is -0.531. The van der Waals surface area contributed by atoms with Gasteiger partial charge in [0.05, 0.1) is 0 Å². The predicted molar refractivity (Wildman–Crippen MR) is 99.2 cm³/mol. The van der Waals surface area contributed by atoms with Gasteiger partial charge in [0.1, 0.15) is 11.3 Å². The van der Waals surface area contributed by atoms with E-state index in [0.29, 0.717) is 11.3 Å². The van der Waals surface area contributed by atoms with Crippen molar-refractivity contribution in [3.8, 4) is 5.75 Å². The van der Waals surface area contributed by atoms with Crippen LogP contribution in [-0.4, -0.2) is 47.4 Å². The number of nitrogens with one attached hydrogen (secondary N) is 2. The average Bonchev–Trinajstić information content (AvgIpc) is 2.64. The Labute approximate surface area is 156 Å². The van der Waals surface area contributed by atoms with Crippen LogP contribution in [-0.2, 0) is 14.4 Å². The molecule has 8 heteroatoms. The summed E-state index contributed by atoms with van der Waals surface area (Å²) >= 11 is 4.75. The predicted octanol–water partition coefficient (Wildman–Crippen LogP) is 0.992. The molecule has 0 atom stereocenters. The van der Waals surface area contributed by atoms with Gasteiger partial charge in [0.25, 0.3) is 17.7 Å². The zero-order chi connectivity index (χ0) is 18.5. The summed E-state index contributed by atoms with van der Waals surface area (Å²) in [6.07, 6.45) is 4.72. The molecule has 0 spiro atoms. The van der Waals surface area contributed by atoms with Gasteiger partial charge in [-0.3, -0.25) is 25.0 Å². The molecule has 0 saturated carbocycles. The van der Waals surface area contributed by atoms with E-state index in [1.807, 2.05) is 4.90 Å². The van der Waals surface area contributed by atoms with Crippen molar-refractivity contribution in [1.82, 2.24) is 15.5 Å². The van der Waals surface area contributed by atoms with Crippen LogP contribution in [0.3, 0.4) is 0 Å². The molecule has 1 aromatic carbocycles. The SMILES string of the molecule is O=C1NC(=S)NC(=O)C1=Cc1ccc(OCC(=O)N2CCCCC2)cc1. The molecule has 2 N–H and O–H groups in total. The number of carbonyl (C=O) groups is 3. The van der Waals surface area contributed by atoms with Crippen molar-refractivity contribution in [2.45, 2.75) is 19.3 Å². The number of carbonyl (C=O) groups excluding carboxylic acids is 3. The molecule has 3 amide bonds. The maximum atomic E-state index is 12.1. The van der Waals surface area contributed by atoms with Crippen molar-refractivity contribution in [3.63, 3.8) is 0 Å². The first-order valence-corrected chi connectivity index (χ1v) is 8.83. The fourth-order valence-corrected chi connectivity index (χ4v) is 3.00. The number of nitrogens with zero attached hydrogens (tertiary/aromatic N) is 1. The monoisotopic (exact) mass is 373 g/mol. The van der Waals surface area contributed by atoms with Crippen molar-refractivity contribution in [2.75, 3.05) is 19.7 Å². The molecule has 2 aliphatic rings. The molecule has 26 heavy (non-hydrogen) atoms. The Morgan fingerprint density at radius 2 is 1.69 bits per heavy atom. The molecule has 2 aliphatic heterocycles. The van der Waals surface area contributed by atoms with E-state index in [2.05, 4.69) is 10.6 Å². The molecular weight excluding hydrogens is 354 g/mol. The van der Waals surface area contributed by atoms with Gasteiger partial charge < -0.3 is 9.64 Å². The van der Waals surface area contributed by atoms with Crippen LogP contribution in [0, 0.1) is 0 Å². The highest BCUT2D eigenvalue weighted by Crippen LogP contribution is 2.16. The second-order valence-corrected chi connectivity index (χ2v) is 6.50. The molecule has 0 aromatic heterocycles. The van der Waals surface area contributed by atoms with Crippen LogP contribution >= 0.6 is 12.2 Å². The average molecular weight is 373 g/mol. The Bertz CT molecular complexity index is 745. The van der Waals surface area contributed by atoms with Crippen LogP contribution in [0.1, 0.15) is 24.8 Å². The van der Waals surface area contributed by atoms with E-state index in [1.165, 1.54) is 12.5 Å². The molecule has 2 saturated heterocycles. The summed E-state index contributed by atoms with van der Waals surface area (Å²) in [6.45, 7) is 1.59. The number of thiocarbonyl (C=S) groups is 1. The quantitative estimate of drug-likeness (QED) is 0.467. The Morgan fingerprint density at radius 1 is 1.08 bits per heavy atom. The third kappa shape index (κ3) is 4.45. The van der Waals surface area contributed by atoms with E-state index in [4.69, 9.17) is 17.0 Å². The van der Waals surface area contributed by atoms with Crippen LogP contribution in [0.4, 0.5) is 0 Å². The van der Waals surface area contributed by atoms with E-state index in [1.54, 1.807) is 24.3 Å². The standard InChI is InChI=1S/C18H19N3O4S/c22-15(21-8-2-1-3-9-21)11-25-13-6-4-12(5-7-13)10-14-16(23)19-18(26)20-17(14)24/h4-7,10H,1-3,8-9,11H2,(H2,19,20,23,24,26). The first-order chi connectivity index (χ1) is 12.5. The van der Waals surface area contributed by atoms with Gasteiger partial charge in [-0.2, -0.15) is 0 Å². The second-order valence-electron chi connectivity index (χ2n) is 6.09. The first kappa shape index (κ1) is 18.1. The van der Waals surface area contributed by atoms with Crippen LogP contribution < -0.4 is 15.4 Å². The highest BCUT2D eigenvalue weighted by Gasteiger charge is 2.25. The van der Waals surface area contributed by atoms with Crippen LogP contribution in [0.15, 0.2) is 29.8 Å². The Hall–Kier alpha value is -2.74. The lowest BCUT2D eigenvalue weighted by Crippen LogP contribution is -2.51. The fourth-order valence-electron chi connectivity index (χ4n) is 2.81. The summed E-state index contributed by atoms with van der Waals surface area (Å²) in [6, 6.07) is 6.81. The van der Waals surface area contributed by atoms with Gasteiger partial charge in [-0.05, 0) is 55.3 Å². The normalized spacial score (nSPS) is 17.5. The largest absolute Gasteiger partial charge is 0.484 e. The van der Waals surface area contributed by atoms with Gasteiger partial charge in [-0.15, -0.1) is 0 Å². The van der Waals surface area contributed by atoms with Gasteiger partial charge in [-0.25, -0.2) is 0 Å². The van der Waals surface area contributed by atoms with Gasteiger partial charge in [0.15, 0.2) is 11.7 Å². The molecule has 136 valence electrons. The van der Waals surface area contributed by atoms with Crippen molar-refractivity contribution in [3.05, 3.63) is 35.4 Å². The Kier molecular flexibility index (Phi) is 5.62. The smallest absolute Gasteiger partial charge is 0.263 e. The molecular formula is C18H19N3O4S. The molecule has 2 heterocycles. The van der Waals surface area contributed by atoms with Crippen LogP contribution in [0.2, 0.25) is 0 Å². The third-order valence-electron chi connectivity index (χ3n) is 4.21. The van der Waals surface area contributed by atoms with Crippen LogP contribution in [0.5, 0.6) is 5.75 Å². The number of hydrogen-bond donors (Lipinski definition) is 2. The van der Waals surface area contributed by atoms with E-state index in [0.717, 1.165) is 25.9 Å². The molecule has 3 rings (SSSR count). The molecule has 1 aromatic rings. The summed E-state index contributed by atoms with van der Waals surface area (Å²) in [5.41, 5.74) is 0.639. The van der Waals surface area contributed by atoms with Gasteiger partial charge >= 0.3 is 0 Å². The minimum atomic E-state index is -0.536.